The molecule has 0 fully saturated rings. The van der Waals surface area contributed by atoms with Crippen molar-refractivity contribution in [1.29, 1.82) is 5.26 Å². The average Bonchev–Trinajstić information content (AvgIpc) is 2.04. The summed E-state index contributed by atoms with van der Waals surface area (Å²) in [5.74, 6) is -1.35. The molecule has 0 aromatic carbocycles. The quantitative estimate of drug-likeness (QED) is 0.375. The molecule has 0 aliphatic rings. The minimum absolute atomic E-state index is 0.131. The average molecular weight is 183 g/mol. The van der Waals surface area contributed by atoms with Crippen LogP contribution in [0.25, 0.3) is 0 Å². The zero-order valence-electron chi connectivity index (χ0n) is 7.87. The summed E-state index contributed by atoms with van der Waals surface area (Å²) < 4.78 is 4.47. The Balaban J connectivity index is 3.64. The topological polar surface area (TPSA) is 67.2 Å². The summed E-state index contributed by atoms with van der Waals surface area (Å²) in [6, 6.07) is 1.91. The standard InChI is InChI=1S/C9H13NO3/c1-7(2)9(12)13-8(11)5-3-4-6-10/h7H,3-5H2,1-2H3. The van der Waals surface area contributed by atoms with E-state index in [0.717, 1.165) is 0 Å². The Morgan fingerprint density at radius 1 is 1.46 bits per heavy atom. The molecular formula is C9H13NO3. The number of hydrogen-bond acceptors (Lipinski definition) is 4. The highest BCUT2D eigenvalue weighted by molar-refractivity contribution is 5.86. The molecule has 0 unspecified atom stereocenters. The molecule has 0 bridgehead atoms. The van der Waals surface area contributed by atoms with Crippen molar-refractivity contribution in [3.8, 4) is 6.07 Å². The first-order valence-electron chi connectivity index (χ1n) is 4.19. The van der Waals surface area contributed by atoms with E-state index in [1.165, 1.54) is 0 Å². The second kappa shape index (κ2) is 6.18. The van der Waals surface area contributed by atoms with Gasteiger partial charge in [0.05, 0.1) is 12.0 Å². The fourth-order valence-electron chi connectivity index (χ4n) is 0.593. The molecule has 0 saturated carbocycles. The molecule has 13 heavy (non-hydrogen) atoms. The van der Waals surface area contributed by atoms with E-state index in [1.54, 1.807) is 13.8 Å². The number of nitriles is 1. The van der Waals surface area contributed by atoms with E-state index in [2.05, 4.69) is 4.74 Å². The van der Waals surface area contributed by atoms with Gasteiger partial charge in [0.25, 0.3) is 0 Å². The molecule has 0 spiro atoms. The SMILES string of the molecule is CC(C)C(=O)OC(=O)CCCC#N. The molecule has 0 amide bonds. The third-order valence-corrected chi connectivity index (χ3v) is 1.36. The molecule has 0 heterocycles. The Morgan fingerprint density at radius 3 is 2.54 bits per heavy atom. The van der Waals surface area contributed by atoms with Crippen LogP contribution in [0.15, 0.2) is 0 Å². The Hall–Kier alpha value is -1.37. The van der Waals surface area contributed by atoms with Gasteiger partial charge in [0.15, 0.2) is 0 Å². The van der Waals surface area contributed by atoms with Crippen LogP contribution in [0.5, 0.6) is 0 Å². The van der Waals surface area contributed by atoms with E-state index in [4.69, 9.17) is 5.26 Å². The Labute approximate surface area is 77.5 Å². The molecule has 4 nitrogen and oxygen atoms in total. The van der Waals surface area contributed by atoms with Crippen molar-refractivity contribution in [2.24, 2.45) is 5.92 Å². The molecule has 0 aliphatic carbocycles. The van der Waals surface area contributed by atoms with Crippen molar-refractivity contribution in [2.75, 3.05) is 0 Å². The summed E-state index contributed by atoms with van der Waals surface area (Å²) in [4.78, 5) is 21.8. The summed E-state index contributed by atoms with van der Waals surface area (Å²) in [6.07, 6.45) is 0.887. The lowest BCUT2D eigenvalue weighted by atomic mass is 10.2. The fraction of sp³-hybridized carbons (Fsp3) is 0.667. The molecule has 0 aromatic rings. The molecule has 4 heteroatoms. The first-order chi connectivity index (χ1) is 6.07. The maximum atomic E-state index is 10.9. The molecule has 0 aliphatic heterocycles. The third kappa shape index (κ3) is 5.85. The second-order valence-electron chi connectivity index (χ2n) is 2.96. The normalized spacial score (nSPS) is 9.38. The summed E-state index contributed by atoms with van der Waals surface area (Å²) in [5.41, 5.74) is 0. The van der Waals surface area contributed by atoms with E-state index in [1.807, 2.05) is 6.07 Å². The van der Waals surface area contributed by atoms with Crippen LogP contribution in [0.4, 0.5) is 0 Å². The largest absolute Gasteiger partial charge is 0.393 e. The minimum Gasteiger partial charge on any atom is -0.393 e. The Bertz CT molecular complexity index is 228. The van der Waals surface area contributed by atoms with Crippen LogP contribution in [0, 0.1) is 17.2 Å². The number of hydrogen-bond donors (Lipinski definition) is 0. The number of carbonyl (C=O) groups is 2. The maximum absolute atomic E-state index is 10.9. The number of unbranched alkanes of at least 4 members (excludes halogenated alkanes) is 1. The summed E-state index contributed by atoms with van der Waals surface area (Å²) in [5, 5.41) is 8.18. The van der Waals surface area contributed by atoms with Gasteiger partial charge in [-0.25, -0.2) is 0 Å². The van der Waals surface area contributed by atoms with Crippen LogP contribution >= 0.6 is 0 Å². The summed E-state index contributed by atoms with van der Waals surface area (Å²) in [7, 11) is 0. The van der Waals surface area contributed by atoms with Crippen molar-refractivity contribution >= 4 is 11.9 Å². The first-order valence-corrected chi connectivity index (χ1v) is 4.19. The van der Waals surface area contributed by atoms with Gasteiger partial charge >= 0.3 is 11.9 Å². The molecule has 0 aromatic heterocycles. The lowest BCUT2D eigenvalue weighted by Gasteiger charge is -2.03. The van der Waals surface area contributed by atoms with E-state index < -0.39 is 11.9 Å². The molecule has 0 saturated heterocycles. The van der Waals surface area contributed by atoms with Gasteiger partial charge in [-0.15, -0.1) is 0 Å². The monoisotopic (exact) mass is 183 g/mol. The molecule has 0 atom stereocenters. The van der Waals surface area contributed by atoms with E-state index in [9.17, 15) is 9.59 Å². The van der Waals surface area contributed by atoms with Crippen LogP contribution in [0.1, 0.15) is 33.1 Å². The predicted octanol–water partition coefficient (Wildman–Crippen LogP) is 1.41. The first kappa shape index (κ1) is 11.6. The third-order valence-electron chi connectivity index (χ3n) is 1.36. The zero-order chi connectivity index (χ0) is 10.3. The predicted molar refractivity (Wildman–Crippen MR) is 45.4 cm³/mol. The van der Waals surface area contributed by atoms with Crippen molar-refractivity contribution < 1.29 is 14.3 Å². The van der Waals surface area contributed by atoms with Crippen LogP contribution in [0.3, 0.4) is 0 Å². The molecule has 0 radical (unpaired) electrons. The van der Waals surface area contributed by atoms with Gasteiger partial charge in [0.1, 0.15) is 0 Å². The number of nitrogens with zero attached hydrogens (tertiary/aromatic N) is 1. The van der Waals surface area contributed by atoms with Crippen molar-refractivity contribution in [2.45, 2.75) is 33.1 Å². The highest BCUT2D eigenvalue weighted by atomic mass is 16.6. The minimum atomic E-state index is -0.547. The van der Waals surface area contributed by atoms with Gasteiger partial charge in [-0.3, -0.25) is 9.59 Å². The molecule has 0 rings (SSSR count). The second-order valence-corrected chi connectivity index (χ2v) is 2.96. The Kier molecular flexibility index (Phi) is 5.53. The smallest absolute Gasteiger partial charge is 0.316 e. The highest BCUT2D eigenvalue weighted by Crippen LogP contribution is 2.01. The Morgan fingerprint density at radius 2 is 2.08 bits per heavy atom. The van der Waals surface area contributed by atoms with Crippen LogP contribution in [-0.4, -0.2) is 11.9 Å². The number of carbonyl (C=O) groups excluding carboxylic acids is 2. The van der Waals surface area contributed by atoms with Crippen LogP contribution < -0.4 is 0 Å². The lowest BCUT2D eigenvalue weighted by molar-refractivity contribution is -0.161. The summed E-state index contributed by atoms with van der Waals surface area (Å²) in [6.45, 7) is 3.32. The highest BCUT2D eigenvalue weighted by Gasteiger charge is 2.13. The van der Waals surface area contributed by atoms with E-state index >= 15 is 0 Å². The summed E-state index contributed by atoms with van der Waals surface area (Å²) >= 11 is 0. The molecular weight excluding hydrogens is 170 g/mol. The van der Waals surface area contributed by atoms with Gasteiger partial charge < -0.3 is 4.74 Å². The molecule has 0 N–H and O–H groups in total. The number of rotatable bonds is 4. The zero-order valence-corrected chi connectivity index (χ0v) is 7.87. The molecule has 72 valence electrons. The fourth-order valence-corrected chi connectivity index (χ4v) is 0.593. The van der Waals surface area contributed by atoms with Gasteiger partial charge in [0.2, 0.25) is 0 Å². The van der Waals surface area contributed by atoms with Crippen molar-refractivity contribution in [3.63, 3.8) is 0 Å². The van der Waals surface area contributed by atoms with Crippen LogP contribution in [-0.2, 0) is 14.3 Å². The van der Waals surface area contributed by atoms with Gasteiger partial charge in [-0.2, -0.15) is 5.26 Å². The van der Waals surface area contributed by atoms with Crippen LogP contribution in [0.2, 0.25) is 0 Å². The van der Waals surface area contributed by atoms with Gasteiger partial charge in [0, 0.05) is 12.8 Å². The van der Waals surface area contributed by atoms with Gasteiger partial charge in [-0.05, 0) is 6.42 Å². The number of ether oxygens (including phenoxy) is 1. The van der Waals surface area contributed by atoms with E-state index in [-0.39, 0.29) is 12.3 Å². The maximum Gasteiger partial charge on any atom is 0.316 e. The van der Waals surface area contributed by atoms with Gasteiger partial charge in [-0.1, -0.05) is 13.8 Å². The number of esters is 2. The lowest BCUT2D eigenvalue weighted by Crippen LogP contribution is -2.16. The van der Waals surface area contributed by atoms with E-state index in [0.29, 0.717) is 12.8 Å². The van der Waals surface area contributed by atoms with Crippen molar-refractivity contribution in [1.82, 2.24) is 0 Å². The van der Waals surface area contributed by atoms with Crippen molar-refractivity contribution in [3.05, 3.63) is 0 Å².